The molecule has 78 valence electrons. The molecule has 0 atom stereocenters. The molecular formula is C9H20N2O2. The summed E-state index contributed by atoms with van der Waals surface area (Å²) in [7, 11) is 5.48. The topological polar surface area (TPSA) is 32.8 Å². The van der Waals surface area contributed by atoms with E-state index in [9.17, 15) is 4.79 Å². The second-order valence-corrected chi connectivity index (χ2v) is 3.24. The van der Waals surface area contributed by atoms with Crippen LogP contribution in [-0.2, 0) is 9.53 Å². The fourth-order valence-corrected chi connectivity index (χ4v) is 0.667. The van der Waals surface area contributed by atoms with Gasteiger partial charge >= 0.3 is 0 Å². The Morgan fingerprint density at radius 3 is 2.38 bits per heavy atom. The minimum Gasteiger partial charge on any atom is -0.370 e. The molecule has 0 heterocycles. The second kappa shape index (κ2) is 6.86. The highest BCUT2D eigenvalue weighted by Gasteiger charge is 2.03. The normalized spacial score (nSPS) is 10.5. The number of carbonyl (C=O) groups excluding carboxylic acids is 1. The summed E-state index contributed by atoms with van der Waals surface area (Å²) in [4.78, 5) is 14.7. The van der Waals surface area contributed by atoms with Crippen molar-refractivity contribution in [3.05, 3.63) is 0 Å². The van der Waals surface area contributed by atoms with Crippen molar-refractivity contribution in [2.45, 2.75) is 6.92 Å². The Morgan fingerprint density at radius 1 is 1.31 bits per heavy atom. The summed E-state index contributed by atoms with van der Waals surface area (Å²) >= 11 is 0. The summed E-state index contributed by atoms with van der Waals surface area (Å²) in [6.45, 7) is 4.77. The standard InChI is InChI=1S/C9H20N2O2/c1-5-11(4)6-7-13-8-9(12)10(2)3/h5-8H2,1-4H3. The first kappa shape index (κ1) is 12.4. The summed E-state index contributed by atoms with van der Waals surface area (Å²) < 4.78 is 5.20. The molecule has 0 aliphatic carbocycles. The van der Waals surface area contributed by atoms with E-state index in [0.29, 0.717) is 6.61 Å². The molecule has 0 radical (unpaired) electrons. The molecule has 0 spiro atoms. The van der Waals surface area contributed by atoms with E-state index in [4.69, 9.17) is 4.74 Å². The molecule has 0 aliphatic heterocycles. The smallest absolute Gasteiger partial charge is 0.248 e. The molecule has 0 N–H and O–H groups in total. The van der Waals surface area contributed by atoms with Crippen LogP contribution in [0.2, 0.25) is 0 Å². The van der Waals surface area contributed by atoms with Gasteiger partial charge in [-0.2, -0.15) is 0 Å². The third-order valence-corrected chi connectivity index (χ3v) is 1.88. The van der Waals surface area contributed by atoms with Gasteiger partial charge in [0.05, 0.1) is 6.61 Å². The van der Waals surface area contributed by atoms with E-state index >= 15 is 0 Å². The van der Waals surface area contributed by atoms with Gasteiger partial charge in [-0.3, -0.25) is 4.79 Å². The molecule has 0 unspecified atom stereocenters. The van der Waals surface area contributed by atoms with Crippen LogP contribution >= 0.6 is 0 Å². The lowest BCUT2D eigenvalue weighted by Crippen LogP contribution is -2.28. The highest BCUT2D eigenvalue weighted by molar-refractivity contribution is 5.76. The maximum Gasteiger partial charge on any atom is 0.248 e. The Bertz CT molecular complexity index is 149. The molecule has 0 aromatic carbocycles. The van der Waals surface area contributed by atoms with Gasteiger partial charge in [0.1, 0.15) is 6.61 Å². The first-order valence-corrected chi connectivity index (χ1v) is 4.54. The molecule has 0 aromatic rings. The lowest BCUT2D eigenvalue weighted by molar-refractivity contribution is -0.133. The third kappa shape index (κ3) is 6.54. The summed E-state index contributed by atoms with van der Waals surface area (Å²) in [6.07, 6.45) is 0. The van der Waals surface area contributed by atoms with Gasteiger partial charge in [-0.05, 0) is 13.6 Å². The Hall–Kier alpha value is -0.610. The molecule has 0 aliphatic rings. The van der Waals surface area contributed by atoms with Crippen molar-refractivity contribution in [2.24, 2.45) is 0 Å². The van der Waals surface area contributed by atoms with Crippen molar-refractivity contribution in [2.75, 3.05) is 47.4 Å². The van der Waals surface area contributed by atoms with Gasteiger partial charge in [0, 0.05) is 20.6 Å². The van der Waals surface area contributed by atoms with Gasteiger partial charge in [-0.15, -0.1) is 0 Å². The summed E-state index contributed by atoms with van der Waals surface area (Å²) in [5.41, 5.74) is 0. The van der Waals surface area contributed by atoms with Gasteiger partial charge in [-0.25, -0.2) is 0 Å². The maximum absolute atomic E-state index is 11.0. The molecule has 0 bridgehead atoms. The van der Waals surface area contributed by atoms with Crippen LogP contribution in [-0.4, -0.2) is 63.2 Å². The minimum absolute atomic E-state index is 0.0131. The van der Waals surface area contributed by atoms with E-state index in [1.807, 2.05) is 7.05 Å². The Labute approximate surface area is 80.5 Å². The van der Waals surface area contributed by atoms with Gasteiger partial charge in [-0.1, -0.05) is 6.92 Å². The molecule has 1 amide bonds. The minimum atomic E-state index is 0.0131. The van der Waals surface area contributed by atoms with Gasteiger partial charge < -0.3 is 14.5 Å². The predicted molar refractivity (Wildman–Crippen MR) is 52.7 cm³/mol. The molecule has 4 nitrogen and oxygen atoms in total. The number of likely N-dealkylation sites (N-methyl/N-ethyl adjacent to an activating group) is 2. The average molecular weight is 188 g/mol. The van der Waals surface area contributed by atoms with Gasteiger partial charge in [0.25, 0.3) is 0 Å². The van der Waals surface area contributed by atoms with Crippen LogP contribution in [0.15, 0.2) is 0 Å². The quantitative estimate of drug-likeness (QED) is 0.552. The second-order valence-electron chi connectivity index (χ2n) is 3.24. The fourth-order valence-electron chi connectivity index (χ4n) is 0.667. The lowest BCUT2D eigenvalue weighted by Gasteiger charge is -2.14. The molecule has 13 heavy (non-hydrogen) atoms. The van der Waals surface area contributed by atoms with Crippen molar-refractivity contribution in [1.29, 1.82) is 0 Å². The number of amides is 1. The molecule has 0 saturated carbocycles. The van der Waals surface area contributed by atoms with E-state index in [-0.39, 0.29) is 12.5 Å². The zero-order valence-electron chi connectivity index (χ0n) is 9.04. The molecule has 0 fully saturated rings. The predicted octanol–water partition coefficient (Wildman–Crippen LogP) is 0.0429. The highest BCUT2D eigenvalue weighted by atomic mass is 16.5. The maximum atomic E-state index is 11.0. The molecule has 0 rings (SSSR count). The monoisotopic (exact) mass is 188 g/mol. The van der Waals surface area contributed by atoms with Crippen molar-refractivity contribution in [3.63, 3.8) is 0 Å². The summed E-state index contributed by atoms with van der Waals surface area (Å²) in [6, 6.07) is 0. The number of hydrogen-bond acceptors (Lipinski definition) is 3. The molecular weight excluding hydrogens is 168 g/mol. The van der Waals surface area contributed by atoms with E-state index in [2.05, 4.69) is 11.8 Å². The number of carbonyl (C=O) groups is 1. The Balaban J connectivity index is 3.31. The number of ether oxygens (including phenoxy) is 1. The third-order valence-electron chi connectivity index (χ3n) is 1.88. The molecule has 0 saturated heterocycles. The lowest BCUT2D eigenvalue weighted by atomic mass is 10.5. The van der Waals surface area contributed by atoms with Crippen molar-refractivity contribution in [3.8, 4) is 0 Å². The largest absolute Gasteiger partial charge is 0.370 e. The van der Waals surface area contributed by atoms with Crippen LogP contribution in [0, 0.1) is 0 Å². The van der Waals surface area contributed by atoms with E-state index in [0.717, 1.165) is 13.1 Å². The van der Waals surface area contributed by atoms with Crippen LogP contribution in [0.4, 0.5) is 0 Å². The first-order chi connectivity index (χ1) is 6.07. The molecule has 0 aromatic heterocycles. The number of nitrogens with zero attached hydrogens (tertiary/aromatic N) is 2. The van der Waals surface area contributed by atoms with Crippen molar-refractivity contribution < 1.29 is 9.53 Å². The van der Waals surface area contributed by atoms with Crippen molar-refractivity contribution >= 4 is 5.91 Å². The van der Waals surface area contributed by atoms with Gasteiger partial charge in [0.15, 0.2) is 0 Å². The summed E-state index contributed by atoms with van der Waals surface area (Å²) in [5.74, 6) is 0.0131. The zero-order valence-corrected chi connectivity index (χ0v) is 9.04. The van der Waals surface area contributed by atoms with Crippen LogP contribution in [0.3, 0.4) is 0 Å². The van der Waals surface area contributed by atoms with E-state index in [1.165, 1.54) is 4.90 Å². The van der Waals surface area contributed by atoms with Crippen LogP contribution < -0.4 is 0 Å². The van der Waals surface area contributed by atoms with Crippen molar-refractivity contribution in [1.82, 2.24) is 9.80 Å². The van der Waals surface area contributed by atoms with Crippen LogP contribution in [0.1, 0.15) is 6.92 Å². The Kier molecular flexibility index (Phi) is 6.54. The SMILES string of the molecule is CCN(C)CCOCC(=O)N(C)C. The Morgan fingerprint density at radius 2 is 1.92 bits per heavy atom. The van der Waals surface area contributed by atoms with Crippen LogP contribution in [0.25, 0.3) is 0 Å². The average Bonchev–Trinajstić information content (AvgIpc) is 2.11. The van der Waals surface area contributed by atoms with E-state index in [1.54, 1.807) is 14.1 Å². The zero-order chi connectivity index (χ0) is 10.3. The fraction of sp³-hybridized carbons (Fsp3) is 0.889. The molecule has 4 heteroatoms. The highest BCUT2D eigenvalue weighted by Crippen LogP contribution is 1.84. The number of rotatable bonds is 6. The van der Waals surface area contributed by atoms with E-state index < -0.39 is 0 Å². The van der Waals surface area contributed by atoms with Crippen LogP contribution in [0.5, 0.6) is 0 Å². The van der Waals surface area contributed by atoms with Gasteiger partial charge in [0.2, 0.25) is 5.91 Å². The first-order valence-electron chi connectivity index (χ1n) is 4.54. The number of hydrogen-bond donors (Lipinski definition) is 0. The summed E-state index contributed by atoms with van der Waals surface area (Å²) in [5, 5.41) is 0.